The van der Waals surface area contributed by atoms with Gasteiger partial charge in [0.2, 0.25) is 0 Å². The van der Waals surface area contributed by atoms with Crippen molar-refractivity contribution in [3.63, 3.8) is 0 Å². The predicted octanol–water partition coefficient (Wildman–Crippen LogP) is 10.5. The Hall–Kier alpha value is -6.26. The van der Waals surface area contributed by atoms with Crippen LogP contribution in [0.1, 0.15) is 18.9 Å². The summed E-state index contributed by atoms with van der Waals surface area (Å²) in [7, 11) is 0. The van der Waals surface area contributed by atoms with Gasteiger partial charge in [0.25, 0.3) is 0 Å². The van der Waals surface area contributed by atoms with E-state index in [1.54, 1.807) is 0 Å². The van der Waals surface area contributed by atoms with Crippen LogP contribution in [-0.2, 0) is 6.42 Å². The second-order valence-corrected chi connectivity index (χ2v) is 12.9. The summed E-state index contributed by atoms with van der Waals surface area (Å²) in [5.41, 5.74) is 12.5. The van der Waals surface area contributed by atoms with E-state index in [1.165, 1.54) is 45.3 Å². The number of benzene rings is 6. The molecule has 0 fully saturated rings. The molecule has 6 aromatic carbocycles. The van der Waals surface area contributed by atoms with Gasteiger partial charge in [-0.25, -0.2) is 0 Å². The zero-order valence-electron chi connectivity index (χ0n) is 27.2. The van der Waals surface area contributed by atoms with Gasteiger partial charge in [-0.1, -0.05) is 79.4 Å². The van der Waals surface area contributed by atoms with E-state index in [2.05, 4.69) is 161 Å². The Bertz CT molecular complexity index is 2770. The van der Waals surface area contributed by atoms with Gasteiger partial charge in [0.1, 0.15) is 17.0 Å². The molecule has 0 saturated carbocycles. The molecule has 4 heteroatoms. The van der Waals surface area contributed by atoms with E-state index in [9.17, 15) is 0 Å². The Labute approximate surface area is 284 Å². The number of allylic oxidation sites excluding steroid dienone is 1. The Morgan fingerprint density at radius 1 is 0.612 bits per heavy atom. The number of nitrogens with zero attached hydrogens (tertiary/aromatic N) is 3. The minimum Gasteiger partial charge on any atom is -0.456 e. The maximum Gasteiger partial charge on any atom is 0.135 e. The highest BCUT2D eigenvalue weighted by atomic mass is 16.3. The molecule has 2 aromatic heterocycles. The van der Waals surface area contributed by atoms with Gasteiger partial charge >= 0.3 is 0 Å². The fraction of sp³-hybridized carbons (Fsp3) is 0.0667. The van der Waals surface area contributed by atoms with Gasteiger partial charge in [0.05, 0.1) is 22.6 Å². The van der Waals surface area contributed by atoms with E-state index >= 15 is 0 Å². The Morgan fingerprint density at radius 2 is 1.39 bits per heavy atom. The average molecular weight is 632 g/mol. The standard InChI is InChI=1S/C45H33N3O/c1-3-38-29(2)36-26-31(20-23-40(36)46(38)34-22-25-44-37(28-34)35-16-8-10-18-43(35)49-44)32-21-24-41-42(27-32)48-39-17-9-7-12-30(39)13-11-19-45(48)47(41)33-14-5-4-6-15-33/h3-10,12,14-28H,2,11,13H2,1H3. The van der Waals surface area contributed by atoms with Crippen LogP contribution < -0.4 is 20.4 Å². The van der Waals surface area contributed by atoms with Crippen molar-refractivity contribution in [3.8, 4) is 16.8 Å². The van der Waals surface area contributed by atoms with Crippen LogP contribution in [0.4, 0.5) is 22.7 Å². The van der Waals surface area contributed by atoms with Crippen molar-refractivity contribution in [3.05, 3.63) is 161 Å². The molecule has 0 unspecified atom stereocenters. The molecule has 4 heterocycles. The largest absolute Gasteiger partial charge is 0.456 e. The topological polar surface area (TPSA) is 24.6 Å². The van der Waals surface area contributed by atoms with Gasteiger partial charge < -0.3 is 8.98 Å². The summed E-state index contributed by atoms with van der Waals surface area (Å²) in [6.07, 6.45) is 6.57. The second kappa shape index (κ2) is 10.6. The first-order valence-electron chi connectivity index (χ1n) is 17.0. The molecule has 2 aliphatic heterocycles. The van der Waals surface area contributed by atoms with Crippen LogP contribution in [0.25, 0.3) is 62.3 Å². The number of hydrogen-bond acceptors (Lipinski definition) is 3. The number of rotatable bonds is 3. The molecular weight excluding hydrogens is 599 g/mol. The first-order chi connectivity index (χ1) is 24.2. The molecule has 0 aliphatic carbocycles. The van der Waals surface area contributed by atoms with Crippen molar-refractivity contribution in [1.82, 2.24) is 4.57 Å². The fourth-order valence-electron chi connectivity index (χ4n) is 7.99. The molecule has 0 atom stereocenters. The molecule has 0 bridgehead atoms. The third-order valence-corrected chi connectivity index (χ3v) is 10.2. The molecule has 234 valence electrons. The lowest BCUT2D eigenvalue weighted by Crippen LogP contribution is -2.26. The molecule has 0 N–H and O–H groups in total. The lowest BCUT2D eigenvalue weighted by molar-refractivity contribution is 0.669. The SMILES string of the molecule is C=c1c(=CC)n(-c2ccc3oc4ccccc4c3c2)c2ccc(-c3ccc4c(c3)N3C(=CCCc5ccccc53)N4c3ccccc3)cc12. The summed E-state index contributed by atoms with van der Waals surface area (Å²) >= 11 is 0. The van der Waals surface area contributed by atoms with Crippen LogP contribution in [0.3, 0.4) is 0 Å². The number of fused-ring (bicyclic) bond motifs is 9. The molecule has 49 heavy (non-hydrogen) atoms. The minimum atomic E-state index is 0.896. The normalized spacial score (nSPS) is 14.3. The molecule has 0 spiro atoms. The van der Waals surface area contributed by atoms with Crippen LogP contribution in [0, 0.1) is 0 Å². The third kappa shape index (κ3) is 4.10. The van der Waals surface area contributed by atoms with E-state index in [4.69, 9.17) is 4.42 Å². The molecule has 2 aliphatic rings. The lowest BCUT2D eigenvalue weighted by Gasteiger charge is -2.25. The second-order valence-electron chi connectivity index (χ2n) is 12.9. The molecule has 10 rings (SSSR count). The van der Waals surface area contributed by atoms with Gasteiger partial charge in [-0.15, -0.1) is 0 Å². The fourth-order valence-corrected chi connectivity index (χ4v) is 7.99. The van der Waals surface area contributed by atoms with Crippen molar-refractivity contribution in [2.24, 2.45) is 0 Å². The molecular formula is C45H33N3O. The lowest BCUT2D eigenvalue weighted by atomic mass is 10.0. The highest BCUT2D eigenvalue weighted by Gasteiger charge is 2.35. The van der Waals surface area contributed by atoms with E-state index in [0.29, 0.717) is 0 Å². The highest BCUT2D eigenvalue weighted by Crippen LogP contribution is 2.52. The zero-order valence-corrected chi connectivity index (χ0v) is 27.2. The Kier molecular flexibility index (Phi) is 6.03. The highest BCUT2D eigenvalue weighted by molar-refractivity contribution is 6.06. The first kappa shape index (κ1) is 27.8. The van der Waals surface area contributed by atoms with Gasteiger partial charge in [-0.2, -0.15) is 0 Å². The average Bonchev–Trinajstić information content (AvgIpc) is 3.72. The number of aromatic nitrogens is 1. The maximum atomic E-state index is 6.14. The van der Waals surface area contributed by atoms with Crippen molar-refractivity contribution in [1.29, 1.82) is 0 Å². The molecule has 8 aromatic rings. The maximum absolute atomic E-state index is 6.14. The zero-order chi connectivity index (χ0) is 32.6. The monoisotopic (exact) mass is 631 g/mol. The Morgan fingerprint density at radius 3 is 2.29 bits per heavy atom. The van der Waals surface area contributed by atoms with Gasteiger partial charge in [-0.3, -0.25) is 9.80 Å². The van der Waals surface area contributed by atoms with E-state index in [0.717, 1.165) is 61.9 Å². The van der Waals surface area contributed by atoms with E-state index in [1.807, 2.05) is 12.1 Å². The first-order valence-corrected chi connectivity index (χ1v) is 17.0. The number of anilines is 4. The number of hydrogen-bond donors (Lipinski definition) is 0. The van der Waals surface area contributed by atoms with Crippen LogP contribution >= 0.6 is 0 Å². The minimum absolute atomic E-state index is 0.896. The van der Waals surface area contributed by atoms with Crippen molar-refractivity contribution >= 4 is 68.2 Å². The Balaban J connectivity index is 1.14. The number of furan rings is 1. The molecule has 0 amide bonds. The van der Waals surface area contributed by atoms with Crippen LogP contribution in [0.15, 0.2) is 150 Å². The van der Waals surface area contributed by atoms with Crippen molar-refractivity contribution in [2.45, 2.75) is 19.8 Å². The van der Waals surface area contributed by atoms with Gasteiger partial charge in [0.15, 0.2) is 0 Å². The summed E-state index contributed by atoms with van der Waals surface area (Å²) in [5, 5.41) is 5.52. The smallest absolute Gasteiger partial charge is 0.135 e. The van der Waals surface area contributed by atoms with Crippen molar-refractivity contribution in [2.75, 3.05) is 9.80 Å². The van der Waals surface area contributed by atoms with Gasteiger partial charge in [0, 0.05) is 38.1 Å². The summed E-state index contributed by atoms with van der Waals surface area (Å²) < 4.78 is 8.47. The predicted molar refractivity (Wildman–Crippen MR) is 204 cm³/mol. The molecule has 0 radical (unpaired) electrons. The van der Waals surface area contributed by atoms with E-state index in [-0.39, 0.29) is 0 Å². The van der Waals surface area contributed by atoms with Gasteiger partial charge in [-0.05, 0) is 109 Å². The third-order valence-electron chi connectivity index (χ3n) is 10.2. The van der Waals surface area contributed by atoms with Crippen LogP contribution in [0.5, 0.6) is 0 Å². The van der Waals surface area contributed by atoms with Crippen LogP contribution in [-0.4, -0.2) is 4.57 Å². The summed E-state index contributed by atoms with van der Waals surface area (Å²) in [6, 6.07) is 48.0. The van der Waals surface area contributed by atoms with Crippen LogP contribution in [0.2, 0.25) is 0 Å². The molecule has 4 nitrogen and oxygen atoms in total. The summed E-state index contributed by atoms with van der Waals surface area (Å²) in [4.78, 5) is 4.86. The summed E-state index contributed by atoms with van der Waals surface area (Å²) in [6.45, 7) is 6.69. The molecule has 0 saturated heterocycles. The number of para-hydroxylation sites is 3. The van der Waals surface area contributed by atoms with Crippen molar-refractivity contribution < 1.29 is 4.42 Å². The quantitative estimate of drug-likeness (QED) is 0.194. The number of aryl methyl sites for hydroxylation is 1. The van der Waals surface area contributed by atoms with E-state index < -0.39 is 0 Å². The summed E-state index contributed by atoms with van der Waals surface area (Å²) in [5.74, 6) is 1.20.